The molecule has 1 fully saturated rings. The van der Waals surface area contributed by atoms with Crippen LogP contribution in [-0.4, -0.2) is 63.0 Å². The molecule has 0 saturated carbocycles. The molecule has 1 aliphatic rings. The van der Waals surface area contributed by atoms with Crippen LogP contribution in [0.15, 0.2) is 36.9 Å². The van der Waals surface area contributed by atoms with Gasteiger partial charge in [0, 0.05) is 30.4 Å². The summed E-state index contributed by atoms with van der Waals surface area (Å²) >= 11 is 0. The van der Waals surface area contributed by atoms with Gasteiger partial charge in [0.25, 0.3) is 5.91 Å². The van der Waals surface area contributed by atoms with Crippen molar-refractivity contribution in [1.82, 2.24) is 25.0 Å². The van der Waals surface area contributed by atoms with E-state index in [9.17, 15) is 9.90 Å². The van der Waals surface area contributed by atoms with Crippen LogP contribution in [0, 0.1) is 0 Å². The molecule has 7 nitrogen and oxygen atoms in total. The third-order valence-electron chi connectivity index (χ3n) is 4.47. The van der Waals surface area contributed by atoms with Crippen molar-refractivity contribution in [2.24, 2.45) is 0 Å². The van der Waals surface area contributed by atoms with Gasteiger partial charge in [-0.1, -0.05) is 12.5 Å². The lowest BCUT2D eigenvalue weighted by molar-refractivity contribution is 0.0849. The Labute approximate surface area is 141 Å². The number of aromatic nitrogens is 3. The SMILES string of the molecule is O=C(NCCN1CCCCC1CO)c1cccc(-n2cnnc2)c1. The number of likely N-dealkylation sites (tertiary alicyclic amines) is 1. The van der Waals surface area contributed by atoms with Crippen LogP contribution in [0.3, 0.4) is 0 Å². The van der Waals surface area contributed by atoms with Crippen molar-refractivity contribution < 1.29 is 9.90 Å². The number of rotatable bonds is 6. The van der Waals surface area contributed by atoms with E-state index in [4.69, 9.17) is 0 Å². The minimum Gasteiger partial charge on any atom is -0.395 e. The normalized spacial score (nSPS) is 18.5. The monoisotopic (exact) mass is 329 g/mol. The van der Waals surface area contributed by atoms with Crippen molar-refractivity contribution in [3.63, 3.8) is 0 Å². The van der Waals surface area contributed by atoms with E-state index in [0.717, 1.165) is 31.6 Å². The number of hydrogen-bond acceptors (Lipinski definition) is 5. The Kier molecular flexibility index (Phi) is 5.55. The van der Waals surface area contributed by atoms with Crippen LogP contribution in [-0.2, 0) is 0 Å². The quantitative estimate of drug-likeness (QED) is 0.821. The fourth-order valence-corrected chi connectivity index (χ4v) is 3.12. The Balaban J connectivity index is 1.54. The van der Waals surface area contributed by atoms with Crippen LogP contribution >= 0.6 is 0 Å². The van der Waals surface area contributed by atoms with Crippen LogP contribution in [0.1, 0.15) is 29.6 Å². The maximum Gasteiger partial charge on any atom is 0.251 e. The van der Waals surface area contributed by atoms with Gasteiger partial charge in [-0.25, -0.2) is 0 Å². The van der Waals surface area contributed by atoms with Crippen molar-refractivity contribution in [2.75, 3.05) is 26.2 Å². The van der Waals surface area contributed by atoms with E-state index in [-0.39, 0.29) is 18.6 Å². The number of aliphatic hydroxyl groups excluding tert-OH is 1. The number of amides is 1. The number of benzene rings is 1. The summed E-state index contributed by atoms with van der Waals surface area (Å²) < 4.78 is 1.76. The predicted molar refractivity (Wildman–Crippen MR) is 90.0 cm³/mol. The van der Waals surface area contributed by atoms with E-state index in [1.165, 1.54) is 6.42 Å². The molecule has 1 atom stereocenters. The summed E-state index contributed by atoms with van der Waals surface area (Å²) in [6.07, 6.45) is 6.56. The molecule has 7 heteroatoms. The lowest BCUT2D eigenvalue weighted by atomic mass is 10.0. The highest BCUT2D eigenvalue weighted by atomic mass is 16.3. The molecular formula is C17H23N5O2. The van der Waals surface area contributed by atoms with E-state index < -0.39 is 0 Å². The third-order valence-corrected chi connectivity index (χ3v) is 4.47. The standard InChI is InChI=1S/C17H23N5O2/c23-11-16-5-1-2-8-21(16)9-7-18-17(24)14-4-3-6-15(10-14)22-12-19-20-13-22/h3-4,6,10,12-13,16,23H,1-2,5,7-9,11H2,(H,18,24). The predicted octanol–water partition coefficient (Wildman–Crippen LogP) is 0.844. The first-order chi connectivity index (χ1) is 11.8. The molecule has 1 aliphatic heterocycles. The summed E-state index contributed by atoms with van der Waals surface area (Å²) in [6, 6.07) is 7.58. The van der Waals surface area contributed by atoms with E-state index in [0.29, 0.717) is 12.1 Å². The Hall–Kier alpha value is -2.25. The molecule has 1 amide bonds. The first-order valence-electron chi connectivity index (χ1n) is 8.36. The Morgan fingerprint density at radius 1 is 1.29 bits per heavy atom. The van der Waals surface area contributed by atoms with E-state index in [1.807, 2.05) is 18.2 Å². The van der Waals surface area contributed by atoms with Crippen LogP contribution in [0.2, 0.25) is 0 Å². The summed E-state index contributed by atoms with van der Waals surface area (Å²) in [7, 11) is 0. The highest BCUT2D eigenvalue weighted by Crippen LogP contribution is 2.15. The maximum atomic E-state index is 12.3. The molecule has 1 aromatic carbocycles. The van der Waals surface area contributed by atoms with Crippen LogP contribution in [0.5, 0.6) is 0 Å². The van der Waals surface area contributed by atoms with E-state index >= 15 is 0 Å². The van der Waals surface area contributed by atoms with Gasteiger partial charge < -0.3 is 10.4 Å². The third kappa shape index (κ3) is 3.98. The molecule has 1 unspecified atom stereocenters. The molecule has 0 spiro atoms. The second-order valence-corrected chi connectivity index (χ2v) is 6.04. The summed E-state index contributed by atoms with van der Waals surface area (Å²) in [5.41, 5.74) is 1.46. The van der Waals surface area contributed by atoms with E-state index in [1.54, 1.807) is 23.3 Å². The average molecular weight is 329 g/mol. The molecule has 128 valence electrons. The summed E-state index contributed by atoms with van der Waals surface area (Å²) in [5, 5.41) is 19.9. The van der Waals surface area contributed by atoms with Gasteiger partial charge >= 0.3 is 0 Å². The van der Waals surface area contributed by atoms with Crippen molar-refractivity contribution in [3.05, 3.63) is 42.5 Å². The number of aliphatic hydroxyl groups is 1. The summed E-state index contributed by atoms with van der Waals surface area (Å²) in [5.74, 6) is -0.0949. The van der Waals surface area contributed by atoms with Gasteiger partial charge in [0.05, 0.1) is 6.61 Å². The van der Waals surface area contributed by atoms with Gasteiger partial charge in [-0.05, 0) is 37.6 Å². The van der Waals surface area contributed by atoms with E-state index in [2.05, 4.69) is 20.4 Å². The average Bonchev–Trinajstić information content (AvgIpc) is 3.17. The highest BCUT2D eigenvalue weighted by Gasteiger charge is 2.21. The van der Waals surface area contributed by atoms with Crippen molar-refractivity contribution in [1.29, 1.82) is 0 Å². The molecule has 2 N–H and O–H groups in total. The summed E-state index contributed by atoms with van der Waals surface area (Å²) in [4.78, 5) is 14.6. The molecule has 1 saturated heterocycles. The lowest BCUT2D eigenvalue weighted by Gasteiger charge is -2.34. The molecule has 1 aromatic heterocycles. The number of hydrogen-bond donors (Lipinski definition) is 2. The topological polar surface area (TPSA) is 83.3 Å². The molecule has 2 aromatic rings. The summed E-state index contributed by atoms with van der Waals surface area (Å²) in [6.45, 7) is 2.52. The van der Waals surface area contributed by atoms with Crippen LogP contribution in [0.25, 0.3) is 5.69 Å². The number of nitrogens with zero attached hydrogens (tertiary/aromatic N) is 4. The minimum absolute atomic E-state index is 0.0949. The Bertz CT molecular complexity index is 659. The zero-order chi connectivity index (χ0) is 16.8. The number of piperidine rings is 1. The number of carbonyl (C=O) groups excluding carboxylic acids is 1. The van der Waals surface area contributed by atoms with Gasteiger partial charge in [0.2, 0.25) is 0 Å². The zero-order valence-electron chi connectivity index (χ0n) is 13.6. The Morgan fingerprint density at radius 3 is 2.92 bits per heavy atom. The van der Waals surface area contributed by atoms with Gasteiger partial charge in [-0.2, -0.15) is 0 Å². The molecule has 3 rings (SSSR count). The second kappa shape index (κ2) is 8.03. The smallest absolute Gasteiger partial charge is 0.251 e. The number of nitrogens with one attached hydrogen (secondary N) is 1. The second-order valence-electron chi connectivity index (χ2n) is 6.04. The fraction of sp³-hybridized carbons (Fsp3) is 0.471. The molecule has 0 radical (unpaired) electrons. The van der Waals surface area contributed by atoms with Crippen molar-refractivity contribution >= 4 is 5.91 Å². The molecule has 0 aliphatic carbocycles. The van der Waals surface area contributed by atoms with Gasteiger partial charge in [-0.3, -0.25) is 14.3 Å². The lowest BCUT2D eigenvalue weighted by Crippen LogP contribution is -2.45. The minimum atomic E-state index is -0.0949. The van der Waals surface area contributed by atoms with Gasteiger partial charge in [-0.15, -0.1) is 10.2 Å². The largest absolute Gasteiger partial charge is 0.395 e. The zero-order valence-corrected chi connectivity index (χ0v) is 13.6. The maximum absolute atomic E-state index is 12.3. The highest BCUT2D eigenvalue weighted by molar-refractivity contribution is 5.94. The fourth-order valence-electron chi connectivity index (χ4n) is 3.12. The van der Waals surface area contributed by atoms with Crippen molar-refractivity contribution in [2.45, 2.75) is 25.3 Å². The first kappa shape index (κ1) is 16.6. The van der Waals surface area contributed by atoms with Crippen LogP contribution < -0.4 is 5.32 Å². The first-order valence-corrected chi connectivity index (χ1v) is 8.36. The Morgan fingerprint density at radius 2 is 2.12 bits per heavy atom. The van der Waals surface area contributed by atoms with Gasteiger partial charge in [0.1, 0.15) is 12.7 Å². The number of carbonyl (C=O) groups is 1. The van der Waals surface area contributed by atoms with Gasteiger partial charge in [0.15, 0.2) is 0 Å². The van der Waals surface area contributed by atoms with Crippen LogP contribution in [0.4, 0.5) is 0 Å². The molecule has 0 bridgehead atoms. The molecule has 2 heterocycles. The van der Waals surface area contributed by atoms with Crippen molar-refractivity contribution in [3.8, 4) is 5.69 Å². The molecule has 24 heavy (non-hydrogen) atoms. The molecular weight excluding hydrogens is 306 g/mol.